The van der Waals surface area contributed by atoms with Crippen molar-refractivity contribution in [2.45, 2.75) is 5.16 Å². The van der Waals surface area contributed by atoms with Gasteiger partial charge in [0.1, 0.15) is 0 Å². The van der Waals surface area contributed by atoms with Crippen LogP contribution >= 0.6 is 23.1 Å². The summed E-state index contributed by atoms with van der Waals surface area (Å²) >= 11 is 3.19. The van der Waals surface area contributed by atoms with Crippen molar-refractivity contribution >= 4 is 28.2 Å². The Morgan fingerprint density at radius 3 is 2.50 bits per heavy atom. The first-order valence-electron chi connectivity index (χ1n) is 6.80. The van der Waals surface area contributed by atoms with Crippen LogP contribution in [-0.2, 0) is 0 Å². The molecule has 3 rings (SSSR count). The fraction of sp³-hybridized carbons (Fsp3) is 0.188. The fourth-order valence-electron chi connectivity index (χ4n) is 2.03. The van der Waals surface area contributed by atoms with Gasteiger partial charge in [0, 0.05) is 25.9 Å². The van der Waals surface area contributed by atoms with E-state index in [0.29, 0.717) is 0 Å². The van der Waals surface area contributed by atoms with Gasteiger partial charge in [0.15, 0.2) is 10.3 Å². The van der Waals surface area contributed by atoms with E-state index in [9.17, 15) is 0 Å². The maximum absolute atomic E-state index is 4.79. The van der Waals surface area contributed by atoms with E-state index >= 15 is 0 Å². The lowest BCUT2D eigenvalue weighted by Gasteiger charge is -2.05. The molecule has 0 aliphatic carbocycles. The molecule has 3 aromatic rings. The van der Waals surface area contributed by atoms with Gasteiger partial charge in [-0.3, -0.25) is 0 Å². The third-order valence-corrected chi connectivity index (χ3v) is 4.90. The van der Waals surface area contributed by atoms with Crippen LogP contribution in [0.25, 0.3) is 21.8 Å². The monoisotopic (exact) mass is 328 g/mol. The first-order chi connectivity index (χ1) is 10.7. The second-order valence-electron chi connectivity index (χ2n) is 4.86. The number of thioether (sulfide) groups is 1. The molecule has 0 amide bonds. The lowest BCUT2D eigenvalue weighted by molar-refractivity contribution is 0.978. The molecule has 0 bridgehead atoms. The molecule has 0 spiro atoms. The average molecular weight is 328 g/mol. The van der Waals surface area contributed by atoms with Crippen LogP contribution in [0.3, 0.4) is 0 Å². The Morgan fingerprint density at radius 2 is 1.82 bits per heavy atom. The Bertz CT molecular complexity index is 769. The molecule has 0 aliphatic heterocycles. The number of hydrogen-bond acceptors (Lipinski definition) is 6. The van der Waals surface area contributed by atoms with Gasteiger partial charge in [-0.05, 0) is 12.3 Å². The number of benzene rings is 1. The van der Waals surface area contributed by atoms with Gasteiger partial charge in [-0.25, -0.2) is 15.0 Å². The molecule has 4 nitrogen and oxygen atoms in total. The van der Waals surface area contributed by atoms with Crippen LogP contribution in [-0.4, -0.2) is 35.3 Å². The van der Waals surface area contributed by atoms with Crippen molar-refractivity contribution in [3.05, 3.63) is 42.6 Å². The zero-order chi connectivity index (χ0) is 15.5. The van der Waals surface area contributed by atoms with E-state index in [2.05, 4.69) is 22.1 Å². The zero-order valence-electron chi connectivity index (χ0n) is 12.6. The van der Waals surface area contributed by atoms with Gasteiger partial charge in [-0.2, -0.15) is 0 Å². The van der Waals surface area contributed by atoms with E-state index < -0.39 is 0 Å². The summed E-state index contributed by atoms with van der Waals surface area (Å²) in [6, 6.07) is 12.2. The number of rotatable bonds is 4. The number of hydrogen-bond donors (Lipinski definition) is 0. The summed E-state index contributed by atoms with van der Waals surface area (Å²) in [5, 5.41) is 1.74. The quantitative estimate of drug-likeness (QED) is 0.534. The third-order valence-electron chi connectivity index (χ3n) is 3.09. The molecular formula is C16H16N4S2. The van der Waals surface area contributed by atoms with Crippen molar-refractivity contribution in [2.24, 2.45) is 0 Å². The van der Waals surface area contributed by atoms with Crippen LogP contribution in [0.15, 0.2) is 47.8 Å². The summed E-state index contributed by atoms with van der Waals surface area (Å²) in [7, 11) is 4.01. The van der Waals surface area contributed by atoms with E-state index in [-0.39, 0.29) is 0 Å². The summed E-state index contributed by atoms with van der Waals surface area (Å²) in [5.74, 6) is 0. The molecule has 0 N–H and O–H groups in total. The molecule has 6 heteroatoms. The number of anilines is 1. The van der Waals surface area contributed by atoms with Crippen LogP contribution in [0.4, 0.5) is 5.13 Å². The number of thiazole rings is 1. The van der Waals surface area contributed by atoms with Crippen LogP contribution in [0.5, 0.6) is 0 Å². The first kappa shape index (κ1) is 15.0. The molecule has 0 saturated carbocycles. The Balaban J connectivity index is 2.17. The normalized spacial score (nSPS) is 10.7. The van der Waals surface area contributed by atoms with Crippen LogP contribution < -0.4 is 4.90 Å². The van der Waals surface area contributed by atoms with Crippen LogP contribution in [0.1, 0.15) is 0 Å². The van der Waals surface area contributed by atoms with Gasteiger partial charge in [0.2, 0.25) is 0 Å². The number of nitrogens with zero attached hydrogens (tertiary/aromatic N) is 4. The molecule has 2 heterocycles. The molecule has 1 aromatic carbocycles. The second kappa shape index (κ2) is 6.46. The van der Waals surface area contributed by atoms with Gasteiger partial charge >= 0.3 is 0 Å². The highest BCUT2D eigenvalue weighted by Gasteiger charge is 2.17. The Hall–Kier alpha value is -1.92. The predicted molar refractivity (Wildman–Crippen MR) is 94.7 cm³/mol. The maximum Gasteiger partial charge on any atom is 0.187 e. The summed E-state index contributed by atoms with van der Waals surface area (Å²) in [6.45, 7) is 0. The van der Waals surface area contributed by atoms with Gasteiger partial charge < -0.3 is 4.90 Å². The third kappa shape index (κ3) is 2.98. The van der Waals surface area contributed by atoms with Crippen molar-refractivity contribution in [1.29, 1.82) is 0 Å². The van der Waals surface area contributed by atoms with E-state index in [1.165, 1.54) is 0 Å². The lowest BCUT2D eigenvalue weighted by atomic mass is 10.1. The van der Waals surface area contributed by atoms with E-state index in [0.717, 1.165) is 32.1 Å². The smallest absolute Gasteiger partial charge is 0.187 e. The Labute approximate surface area is 138 Å². The Kier molecular flexibility index (Phi) is 4.40. The molecule has 0 fully saturated rings. The fourth-order valence-corrected chi connectivity index (χ4v) is 3.37. The van der Waals surface area contributed by atoms with Crippen LogP contribution in [0, 0.1) is 0 Å². The highest BCUT2D eigenvalue weighted by atomic mass is 32.2. The first-order valence-corrected chi connectivity index (χ1v) is 8.84. The highest BCUT2D eigenvalue weighted by molar-refractivity contribution is 7.98. The van der Waals surface area contributed by atoms with Crippen molar-refractivity contribution < 1.29 is 0 Å². The molecule has 0 atom stereocenters. The summed E-state index contributed by atoms with van der Waals surface area (Å²) in [6.07, 6.45) is 3.78. The molecule has 22 heavy (non-hydrogen) atoms. The largest absolute Gasteiger partial charge is 0.354 e. The zero-order valence-corrected chi connectivity index (χ0v) is 14.3. The second-order valence-corrected chi connectivity index (χ2v) is 6.61. The van der Waals surface area contributed by atoms with Gasteiger partial charge in [0.05, 0.1) is 16.3 Å². The lowest BCUT2D eigenvalue weighted by Crippen LogP contribution is -2.07. The topological polar surface area (TPSA) is 41.9 Å². The van der Waals surface area contributed by atoms with Crippen molar-refractivity contribution in [2.75, 3.05) is 25.3 Å². The van der Waals surface area contributed by atoms with Gasteiger partial charge in [-0.1, -0.05) is 53.4 Å². The maximum atomic E-state index is 4.79. The van der Waals surface area contributed by atoms with Crippen molar-refractivity contribution in [1.82, 2.24) is 15.0 Å². The molecular weight excluding hydrogens is 312 g/mol. The minimum Gasteiger partial charge on any atom is -0.354 e. The van der Waals surface area contributed by atoms with Crippen molar-refractivity contribution in [3.63, 3.8) is 0 Å². The molecule has 0 saturated heterocycles. The Morgan fingerprint density at radius 1 is 1.05 bits per heavy atom. The molecule has 0 unspecified atom stereocenters. The molecule has 0 aliphatic rings. The van der Waals surface area contributed by atoms with E-state index in [4.69, 9.17) is 4.98 Å². The minimum absolute atomic E-state index is 0.774. The van der Waals surface area contributed by atoms with E-state index in [1.54, 1.807) is 29.3 Å². The number of aromatic nitrogens is 3. The summed E-state index contributed by atoms with van der Waals surface area (Å²) < 4.78 is 0. The molecule has 112 valence electrons. The summed E-state index contributed by atoms with van der Waals surface area (Å²) in [4.78, 5) is 16.8. The summed E-state index contributed by atoms with van der Waals surface area (Å²) in [5.41, 5.74) is 3.00. The highest BCUT2D eigenvalue weighted by Crippen LogP contribution is 2.39. The standard InChI is InChI=1S/C16H16N4S2/c1-20(2)16-19-13(11-7-5-4-6-8-11)14(22-16)12-9-10-17-15(18-12)21-3/h4-10H,1-3H3. The van der Waals surface area contributed by atoms with Crippen LogP contribution in [0.2, 0.25) is 0 Å². The molecule has 0 radical (unpaired) electrons. The SMILES string of the molecule is CSc1nccc(-c2sc(N(C)C)nc2-c2ccccc2)n1. The average Bonchev–Trinajstić information content (AvgIpc) is 3.01. The molecule has 2 aromatic heterocycles. The predicted octanol–water partition coefficient (Wildman–Crippen LogP) is 4.06. The van der Waals surface area contributed by atoms with E-state index in [1.807, 2.05) is 49.5 Å². The van der Waals surface area contributed by atoms with Gasteiger partial charge in [0.25, 0.3) is 0 Å². The van der Waals surface area contributed by atoms with Crippen molar-refractivity contribution in [3.8, 4) is 21.8 Å². The minimum atomic E-state index is 0.774. The van der Waals surface area contributed by atoms with Gasteiger partial charge in [-0.15, -0.1) is 0 Å².